The average molecular weight is 288 g/mol. The summed E-state index contributed by atoms with van der Waals surface area (Å²) in [5.74, 6) is 0.0249. The van der Waals surface area contributed by atoms with Gasteiger partial charge in [-0.15, -0.1) is 0 Å². The number of hydrogen-bond donors (Lipinski definition) is 1. The van der Waals surface area contributed by atoms with Gasteiger partial charge in [-0.25, -0.2) is 0 Å². The van der Waals surface area contributed by atoms with Crippen molar-refractivity contribution in [2.45, 2.75) is 26.7 Å². The van der Waals surface area contributed by atoms with Crippen molar-refractivity contribution in [3.05, 3.63) is 64.2 Å². The molecule has 2 nitrogen and oxygen atoms in total. The maximum absolute atomic E-state index is 12.0. The number of halogens is 1. The summed E-state index contributed by atoms with van der Waals surface area (Å²) in [4.78, 5) is 12.0. The molecule has 3 heteroatoms. The van der Waals surface area contributed by atoms with Gasteiger partial charge in [0.15, 0.2) is 0 Å². The molecule has 2 rings (SSSR count). The Morgan fingerprint density at radius 3 is 2.65 bits per heavy atom. The van der Waals surface area contributed by atoms with E-state index in [-0.39, 0.29) is 5.91 Å². The van der Waals surface area contributed by atoms with Crippen molar-refractivity contribution in [1.82, 2.24) is 0 Å². The molecule has 0 bridgehead atoms. The van der Waals surface area contributed by atoms with Crippen LogP contribution in [0.25, 0.3) is 0 Å². The minimum Gasteiger partial charge on any atom is -0.326 e. The van der Waals surface area contributed by atoms with Gasteiger partial charge in [0.25, 0.3) is 0 Å². The summed E-state index contributed by atoms with van der Waals surface area (Å²) in [7, 11) is 0. The lowest BCUT2D eigenvalue weighted by Crippen LogP contribution is -2.13. The molecule has 2 aromatic carbocycles. The Kier molecular flexibility index (Phi) is 4.80. The highest BCUT2D eigenvalue weighted by Gasteiger charge is 2.05. The lowest BCUT2D eigenvalue weighted by atomic mass is 10.1. The fourth-order valence-electron chi connectivity index (χ4n) is 2.11. The lowest BCUT2D eigenvalue weighted by Gasteiger charge is -2.09. The van der Waals surface area contributed by atoms with Crippen LogP contribution in [0, 0.1) is 13.8 Å². The van der Waals surface area contributed by atoms with Crippen LogP contribution in [0.4, 0.5) is 5.69 Å². The molecule has 1 N–H and O–H groups in total. The number of carbonyl (C=O) groups excluding carboxylic acids is 1. The first-order chi connectivity index (χ1) is 9.54. The van der Waals surface area contributed by atoms with Gasteiger partial charge in [-0.3, -0.25) is 4.79 Å². The van der Waals surface area contributed by atoms with Crippen LogP contribution in [-0.4, -0.2) is 5.91 Å². The summed E-state index contributed by atoms with van der Waals surface area (Å²) in [6.07, 6.45) is 1.23. The number of anilines is 1. The first-order valence-electron chi connectivity index (χ1n) is 6.66. The van der Waals surface area contributed by atoms with Crippen molar-refractivity contribution in [2.75, 3.05) is 5.32 Å². The van der Waals surface area contributed by atoms with Gasteiger partial charge in [0.2, 0.25) is 5.91 Å². The van der Waals surface area contributed by atoms with Crippen molar-refractivity contribution in [3.8, 4) is 0 Å². The third-order valence-electron chi connectivity index (χ3n) is 3.19. The highest BCUT2D eigenvalue weighted by Crippen LogP contribution is 2.19. The molecular formula is C17H18ClNO. The quantitative estimate of drug-likeness (QED) is 0.879. The van der Waals surface area contributed by atoms with Gasteiger partial charge in [0.05, 0.1) is 0 Å². The molecule has 2 aromatic rings. The van der Waals surface area contributed by atoms with E-state index in [1.165, 1.54) is 11.1 Å². The summed E-state index contributed by atoms with van der Waals surface area (Å²) in [6, 6.07) is 13.7. The molecule has 0 saturated carbocycles. The van der Waals surface area contributed by atoms with Crippen molar-refractivity contribution in [2.24, 2.45) is 0 Å². The molecule has 0 aliphatic carbocycles. The molecule has 1 amide bonds. The van der Waals surface area contributed by atoms with Crippen LogP contribution in [-0.2, 0) is 11.2 Å². The van der Waals surface area contributed by atoms with E-state index in [2.05, 4.69) is 24.4 Å². The molecule has 104 valence electrons. The molecule has 0 unspecified atom stereocenters. The standard InChI is InChI=1S/C17H18ClNO/c1-12-4-3-5-14(10-12)6-9-17(20)19-16-8-7-15(18)11-13(16)2/h3-5,7-8,10-11H,6,9H2,1-2H3,(H,19,20). The van der Waals surface area contributed by atoms with Gasteiger partial charge in [0.1, 0.15) is 0 Å². The molecule has 0 radical (unpaired) electrons. The first-order valence-corrected chi connectivity index (χ1v) is 7.04. The van der Waals surface area contributed by atoms with Crippen LogP contribution in [0.3, 0.4) is 0 Å². The first kappa shape index (κ1) is 14.6. The average Bonchev–Trinajstić information content (AvgIpc) is 2.40. The summed E-state index contributed by atoms with van der Waals surface area (Å²) in [5, 5.41) is 3.61. The number of carbonyl (C=O) groups is 1. The monoisotopic (exact) mass is 287 g/mol. The van der Waals surface area contributed by atoms with Crippen LogP contribution in [0.2, 0.25) is 5.02 Å². The molecule has 20 heavy (non-hydrogen) atoms. The van der Waals surface area contributed by atoms with Gasteiger partial charge in [-0.2, -0.15) is 0 Å². The molecule has 0 aromatic heterocycles. The van der Waals surface area contributed by atoms with Crippen molar-refractivity contribution in [3.63, 3.8) is 0 Å². The largest absolute Gasteiger partial charge is 0.326 e. The Balaban J connectivity index is 1.92. The fourth-order valence-corrected chi connectivity index (χ4v) is 2.33. The van der Waals surface area contributed by atoms with E-state index in [1.54, 1.807) is 6.07 Å². The summed E-state index contributed by atoms with van der Waals surface area (Å²) in [6.45, 7) is 3.99. The van der Waals surface area contributed by atoms with Crippen molar-refractivity contribution >= 4 is 23.2 Å². The van der Waals surface area contributed by atoms with Crippen molar-refractivity contribution < 1.29 is 4.79 Å². The minimum absolute atomic E-state index is 0.0249. The Labute approximate surface area is 124 Å². The minimum atomic E-state index is 0.0249. The fraction of sp³-hybridized carbons (Fsp3) is 0.235. The summed E-state index contributed by atoms with van der Waals surface area (Å²) in [5.41, 5.74) is 4.20. The van der Waals surface area contributed by atoms with E-state index < -0.39 is 0 Å². The number of benzene rings is 2. The lowest BCUT2D eigenvalue weighted by molar-refractivity contribution is -0.116. The van der Waals surface area contributed by atoms with Gasteiger partial charge in [0, 0.05) is 17.1 Å². The van der Waals surface area contributed by atoms with E-state index in [9.17, 15) is 4.79 Å². The van der Waals surface area contributed by atoms with Crippen LogP contribution >= 0.6 is 11.6 Å². The molecule has 0 aliphatic rings. The van der Waals surface area contributed by atoms with Crippen LogP contribution in [0.5, 0.6) is 0 Å². The smallest absolute Gasteiger partial charge is 0.224 e. The second kappa shape index (κ2) is 6.58. The van der Waals surface area contributed by atoms with E-state index in [0.29, 0.717) is 11.4 Å². The van der Waals surface area contributed by atoms with Gasteiger partial charge >= 0.3 is 0 Å². The van der Waals surface area contributed by atoms with Crippen LogP contribution < -0.4 is 5.32 Å². The number of rotatable bonds is 4. The van der Waals surface area contributed by atoms with Gasteiger partial charge in [-0.05, 0) is 49.6 Å². The Hall–Kier alpha value is -1.80. The Morgan fingerprint density at radius 2 is 1.95 bits per heavy atom. The summed E-state index contributed by atoms with van der Waals surface area (Å²) >= 11 is 5.90. The SMILES string of the molecule is Cc1cccc(CCC(=O)Nc2ccc(Cl)cc2C)c1. The van der Waals surface area contributed by atoms with E-state index in [4.69, 9.17) is 11.6 Å². The Bertz CT molecular complexity index is 622. The Morgan fingerprint density at radius 1 is 1.15 bits per heavy atom. The van der Waals surface area contributed by atoms with E-state index in [0.717, 1.165) is 17.7 Å². The molecule has 0 spiro atoms. The van der Waals surface area contributed by atoms with E-state index >= 15 is 0 Å². The zero-order chi connectivity index (χ0) is 14.5. The number of aryl methyl sites for hydroxylation is 3. The second-order valence-corrected chi connectivity index (χ2v) is 5.43. The van der Waals surface area contributed by atoms with Crippen LogP contribution in [0.1, 0.15) is 23.1 Å². The number of hydrogen-bond acceptors (Lipinski definition) is 1. The number of nitrogens with one attached hydrogen (secondary N) is 1. The zero-order valence-electron chi connectivity index (χ0n) is 11.7. The van der Waals surface area contributed by atoms with E-state index in [1.807, 2.05) is 31.2 Å². The summed E-state index contributed by atoms with van der Waals surface area (Å²) < 4.78 is 0. The highest BCUT2D eigenvalue weighted by atomic mass is 35.5. The number of amides is 1. The van der Waals surface area contributed by atoms with Crippen LogP contribution in [0.15, 0.2) is 42.5 Å². The molecule has 0 saturated heterocycles. The van der Waals surface area contributed by atoms with Crippen molar-refractivity contribution in [1.29, 1.82) is 0 Å². The molecule has 0 aliphatic heterocycles. The maximum Gasteiger partial charge on any atom is 0.224 e. The molecular weight excluding hydrogens is 270 g/mol. The third kappa shape index (κ3) is 4.10. The van der Waals surface area contributed by atoms with Gasteiger partial charge in [-0.1, -0.05) is 41.4 Å². The third-order valence-corrected chi connectivity index (χ3v) is 3.42. The molecule has 0 fully saturated rings. The topological polar surface area (TPSA) is 29.1 Å². The predicted octanol–water partition coefficient (Wildman–Crippen LogP) is 4.53. The van der Waals surface area contributed by atoms with Gasteiger partial charge < -0.3 is 5.32 Å². The maximum atomic E-state index is 12.0. The molecule has 0 atom stereocenters. The second-order valence-electron chi connectivity index (χ2n) is 5.00. The normalized spacial score (nSPS) is 10.3. The highest BCUT2D eigenvalue weighted by molar-refractivity contribution is 6.30. The molecule has 0 heterocycles. The zero-order valence-corrected chi connectivity index (χ0v) is 12.5. The predicted molar refractivity (Wildman–Crippen MR) is 84.3 cm³/mol.